The fourth-order valence-electron chi connectivity index (χ4n) is 4.84. The molecule has 1 fully saturated rings. The number of carbonyl (C=O) groups is 5. The summed E-state index contributed by atoms with van der Waals surface area (Å²) < 4.78 is 5.35. The third kappa shape index (κ3) is 7.50. The molecule has 224 valence electrons. The normalized spacial score (nSPS) is 20.5. The largest absolute Gasteiger partial charge is 0.465 e. The molecule has 1 saturated heterocycles. The van der Waals surface area contributed by atoms with E-state index < -0.39 is 72.2 Å². The van der Waals surface area contributed by atoms with E-state index in [0.29, 0.717) is 5.56 Å². The molecule has 41 heavy (non-hydrogen) atoms. The van der Waals surface area contributed by atoms with E-state index in [9.17, 15) is 34.2 Å². The topological polar surface area (TPSA) is 236 Å². The molecule has 15 nitrogen and oxygen atoms in total. The smallest absolute Gasteiger partial charge is 0.405 e. The highest BCUT2D eigenvalue weighted by Crippen LogP contribution is 2.23. The molecule has 0 saturated carbocycles. The number of nitrogens with zero attached hydrogens (tertiary/aromatic N) is 1. The Bertz CT molecular complexity index is 1280. The zero-order valence-corrected chi connectivity index (χ0v) is 22.9. The Kier molecular flexibility index (Phi) is 10.3. The molecule has 1 aromatic carbocycles. The number of fused-ring (bicyclic) bond motifs is 1. The van der Waals surface area contributed by atoms with Gasteiger partial charge in [-0.05, 0) is 25.5 Å². The van der Waals surface area contributed by atoms with E-state index in [1.807, 2.05) is 23.5 Å². The third-order valence-electron chi connectivity index (χ3n) is 7.03. The van der Waals surface area contributed by atoms with Crippen LogP contribution in [0.25, 0.3) is 10.9 Å². The number of rotatable bonds is 12. The van der Waals surface area contributed by atoms with Crippen LogP contribution in [0.15, 0.2) is 30.5 Å². The Morgan fingerprint density at radius 1 is 1.07 bits per heavy atom. The van der Waals surface area contributed by atoms with Crippen LogP contribution in [0.3, 0.4) is 0 Å². The molecular weight excluding hydrogens is 540 g/mol. The Labute approximate surface area is 235 Å². The van der Waals surface area contributed by atoms with E-state index in [4.69, 9.17) is 15.6 Å². The molecule has 3 rings (SSSR count). The number of aliphatic hydroxyl groups is 2. The zero-order chi connectivity index (χ0) is 30.4. The number of likely N-dealkylation sites (tertiary alicyclic amines) is 1. The second-order valence-corrected chi connectivity index (χ2v) is 10.0. The van der Waals surface area contributed by atoms with Crippen molar-refractivity contribution >= 4 is 40.6 Å². The minimum Gasteiger partial charge on any atom is -0.465 e. The van der Waals surface area contributed by atoms with Crippen molar-refractivity contribution < 1.29 is 44.0 Å². The SMILES string of the molecule is CO[C@@H]1C[C@@H](C(=O)NC(Cc2c[nH]c3ccccc23)C(=O)NC(C(N)=O)C(C)O)N(C(=O)C(NC(=O)O)C(C)O)C1. The molecule has 1 aliphatic heterocycles. The van der Waals surface area contributed by atoms with Crippen LogP contribution in [-0.4, -0.2) is 111 Å². The minimum atomic E-state index is -1.55. The molecule has 1 aromatic heterocycles. The molecule has 1 aliphatic rings. The molecule has 9 N–H and O–H groups in total. The van der Waals surface area contributed by atoms with Gasteiger partial charge in [-0.2, -0.15) is 0 Å². The highest BCUT2D eigenvalue weighted by Gasteiger charge is 2.44. The van der Waals surface area contributed by atoms with Crippen LogP contribution in [0.5, 0.6) is 0 Å². The molecule has 7 atom stereocenters. The first kappa shape index (κ1) is 31.3. The number of nitrogens with two attached hydrogens (primary N) is 1. The van der Waals surface area contributed by atoms with Gasteiger partial charge in [0.25, 0.3) is 0 Å². The Hall–Kier alpha value is -4.21. The lowest BCUT2D eigenvalue weighted by atomic mass is 10.0. The molecule has 0 spiro atoms. The van der Waals surface area contributed by atoms with Gasteiger partial charge in [0.15, 0.2) is 0 Å². The van der Waals surface area contributed by atoms with Crippen molar-refractivity contribution in [3.8, 4) is 0 Å². The summed E-state index contributed by atoms with van der Waals surface area (Å²) >= 11 is 0. The third-order valence-corrected chi connectivity index (χ3v) is 7.03. The van der Waals surface area contributed by atoms with E-state index in [1.165, 1.54) is 21.0 Å². The van der Waals surface area contributed by atoms with Crippen molar-refractivity contribution in [1.29, 1.82) is 0 Å². The van der Waals surface area contributed by atoms with Crippen LogP contribution in [0.2, 0.25) is 0 Å². The number of H-pyrrole nitrogens is 1. The summed E-state index contributed by atoms with van der Waals surface area (Å²) in [5.41, 5.74) is 6.79. The van der Waals surface area contributed by atoms with Crippen molar-refractivity contribution in [2.24, 2.45) is 5.73 Å². The van der Waals surface area contributed by atoms with Gasteiger partial charge in [-0.25, -0.2) is 4.79 Å². The highest BCUT2D eigenvalue weighted by molar-refractivity contribution is 5.96. The van der Waals surface area contributed by atoms with Crippen molar-refractivity contribution in [1.82, 2.24) is 25.8 Å². The predicted molar refractivity (Wildman–Crippen MR) is 144 cm³/mol. The Morgan fingerprint density at radius 2 is 1.73 bits per heavy atom. The summed E-state index contributed by atoms with van der Waals surface area (Å²) in [6, 6.07) is 1.86. The van der Waals surface area contributed by atoms with Crippen LogP contribution in [0.1, 0.15) is 25.8 Å². The molecule has 0 bridgehead atoms. The lowest BCUT2D eigenvalue weighted by Gasteiger charge is -2.30. The average molecular weight is 577 g/mol. The first-order valence-electron chi connectivity index (χ1n) is 13.0. The number of hydrogen-bond donors (Lipinski definition) is 8. The number of methoxy groups -OCH3 is 1. The van der Waals surface area contributed by atoms with Gasteiger partial charge >= 0.3 is 6.09 Å². The number of amides is 5. The standard InChI is InChI=1S/C26H36N6O9/c1-12(33)20(22(27)35)30-23(36)18(8-14-10-28-17-7-5-4-6-16(14)17)29-24(37)19-9-15(41-3)11-32(19)25(38)21(13(2)34)31-26(39)40/h4-7,10,12-13,15,18-21,28,31,33-34H,8-9,11H2,1-3H3,(H2,27,35)(H,29,37)(H,30,36)(H,39,40)/t12?,13?,15-,18?,19+,20?,21?/m1/s1. The van der Waals surface area contributed by atoms with Crippen LogP contribution < -0.4 is 21.7 Å². The van der Waals surface area contributed by atoms with E-state index in [0.717, 1.165) is 15.8 Å². The summed E-state index contributed by atoms with van der Waals surface area (Å²) in [5.74, 6) is -3.37. The van der Waals surface area contributed by atoms with Gasteiger partial charge in [0, 0.05) is 43.6 Å². The summed E-state index contributed by atoms with van der Waals surface area (Å²) in [5, 5.41) is 36.9. The zero-order valence-electron chi connectivity index (χ0n) is 22.9. The van der Waals surface area contributed by atoms with Gasteiger partial charge in [0.2, 0.25) is 23.6 Å². The molecule has 0 aliphatic carbocycles. The summed E-state index contributed by atoms with van der Waals surface area (Å²) in [6.45, 7) is 2.44. The van der Waals surface area contributed by atoms with Crippen LogP contribution in [-0.2, 0) is 30.3 Å². The highest BCUT2D eigenvalue weighted by atomic mass is 16.5. The maximum Gasteiger partial charge on any atom is 0.405 e. The van der Waals surface area contributed by atoms with Crippen LogP contribution in [0.4, 0.5) is 4.79 Å². The maximum absolute atomic E-state index is 13.6. The van der Waals surface area contributed by atoms with Gasteiger partial charge < -0.3 is 51.6 Å². The quantitative estimate of drug-likeness (QED) is 0.142. The van der Waals surface area contributed by atoms with Crippen molar-refractivity contribution in [2.75, 3.05) is 13.7 Å². The number of para-hydroxylation sites is 1. The number of aromatic nitrogens is 1. The lowest BCUT2D eigenvalue weighted by molar-refractivity contribution is -0.142. The lowest BCUT2D eigenvalue weighted by Crippen LogP contribution is -2.60. The van der Waals surface area contributed by atoms with Gasteiger partial charge in [-0.15, -0.1) is 0 Å². The van der Waals surface area contributed by atoms with Gasteiger partial charge in [-0.1, -0.05) is 18.2 Å². The first-order chi connectivity index (χ1) is 19.3. The number of aliphatic hydroxyl groups excluding tert-OH is 2. The average Bonchev–Trinajstić information content (AvgIpc) is 3.53. The number of hydrogen-bond acceptors (Lipinski definition) is 8. The fraction of sp³-hybridized carbons (Fsp3) is 0.500. The van der Waals surface area contributed by atoms with Gasteiger partial charge in [0.1, 0.15) is 24.2 Å². The number of aromatic amines is 1. The van der Waals surface area contributed by atoms with E-state index in [1.54, 1.807) is 12.3 Å². The number of carbonyl (C=O) groups excluding carboxylic acids is 4. The summed E-state index contributed by atoms with van der Waals surface area (Å²) in [4.78, 5) is 67.5. The molecule has 5 unspecified atom stereocenters. The van der Waals surface area contributed by atoms with Crippen molar-refractivity contribution in [2.45, 2.75) is 69.2 Å². The second-order valence-electron chi connectivity index (χ2n) is 10.0. The Morgan fingerprint density at radius 3 is 2.32 bits per heavy atom. The predicted octanol–water partition coefficient (Wildman–Crippen LogP) is -1.82. The van der Waals surface area contributed by atoms with Gasteiger partial charge in [0.05, 0.1) is 18.3 Å². The molecule has 5 amide bonds. The number of carboxylic acid groups (broad SMARTS) is 1. The molecular formula is C26H36N6O9. The number of primary amides is 1. The molecule has 2 aromatic rings. The fourth-order valence-corrected chi connectivity index (χ4v) is 4.84. The molecule has 15 heteroatoms. The van der Waals surface area contributed by atoms with Crippen LogP contribution >= 0.6 is 0 Å². The Balaban J connectivity index is 1.91. The van der Waals surface area contributed by atoms with Crippen molar-refractivity contribution in [3.63, 3.8) is 0 Å². The van der Waals surface area contributed by atoms with E-state index >= 15 is 0 Å². The van der Waals surface area contributed by atoms with Gasteiger partial charge in [-0.3, -0.25) is 19.2 Å². The molecule has 2 heterocycles. The first-order valence-corrected chi connectivity index (χ1v) is 13.0. The minimum absolute atomic E-state index is 0.0296. The summed E-state index contributed by atoms with van der Waals surface area (Å²) in [6.07, 6.45) is -3.16. The second kappa shape index (κ2) is 13.4. The summed E-state index contributed by atoms with van der Waals surface area (Å²) in [7, 11) is 1.39. The monoisotopic (exact) mass is 576 g/mol. The molecule has 0 radical (unpaired) electrons. The maximum atomic E-state index is 13.6. The van der Waals surface area contributed by atoms with E-state index in [-0.39, 0.29) is 19.4 Å². The number of benzene rings is 1. The van der Waals surface area contributed by atoms with Crippen molar-refractivity contribution in [3.05, 3.63) is 36.0 Å². The van der Waals surface area contributed by atoms with E-state index in [2.05, 4.69) is 15.6 Å². The van der Waals surface area contributed by atoms with Crippen LogP contribution in [0, 0.1) is 0 Å². The number of ether oxygens (including phenoxy) is 1. The number of nitrogens with one attached hydrogen (secondary N) is 4.